The van der Waals surface area contributed by atoms with E-state index >= 15 is 0 Å². The van der Waals surface area contributed by atoms with Gasteiger partial charge in [-0.25, -0.2) is 0 Å². The third-order valence-corrected chi connectivity index (χ3v) is 1.90. The molecule has 3 N–H and O–H groups in total. The molecule has 0 amide bonds. The second-order valence-corrected chi connectivity index (χ2v) is 3.68. The van der Waals surface area contributed by atoms with Crippen molar-refractivity contribution in [3.63, 3.8) is 0 Å². The van der Waals surface area contributed by atoms with E-state index in [0.29, 0.717) is 5.69 Å². The highest BCUT2D eigenvalue weighted by atomic mass is 32.3. The standard InChI is InChI=1S/C8H11NO5S/c10-6-5-9-7-3-1-2-4-8(7)14-15(11,12)13/h1-4,9-10H,5-6H2,(H,11,12,13). The summed E-state index contributed by atoms with van der Waals surface area (Å²) in [7, 11) is -4.53. The maximum absolute atomic E-state index is 10.5. The number of rotatable bonds is 5. The molecule has 0 fully saturated rings. The molecule has 0 aliphatic heterocycles. The van der Waals surface area contributed by atoms with E-state index in [9.17, 15) is 8.42 Å². The van der Waals surface area contributed by atoms with E-state index in [0.717, 1.165) is 0 Å². The molecule has 6 nitrogen and oxygen atoms in total. The average molecular weight is 233 g/mol. The number of hydrogen-bond acceptors (Lipinski definition) is 5. The number of nitrogens with one attached hydrogen (secondary N) is 1. The first-order chi connectivity index (χ1) is 7.03. The van der Waals surface area contributed by atoms with Gasteiger partial charge in [0.15, 0.2) is 5.75 Å². The highest BCUT2D eigenvalue weighted by Gasteiger charge is 2.10. The van der Waals surface area contributed by atoms with Crippen LogP contribution in [0.25, 0.3) is 0 Å². The molecule has 1 aromatic carbocycles. The molecule has 0 heterocycles. The summed E-state index contributed by atoms with van der Waals surface area (Å²) in [5.74, 6) is -0.0200. The third-order valence-electron chi connectivity index (χ3n) is 1.51. The Kier molecular flexibility index (Phi) is 3.89. The Bertz CT molecular complexity index is 417. The number of anilines is 1. The number of aliphatic hydroxyl groups excluding tert-OH is 1. The zero-order valence-corrected chi connectivity index (χ0v) is 8.57. The predicted octanol–water partition coefficient (Wildman–Crippen LogP) is 0.272. The summed E-state index contributed by atoms with van der Waals surface area (Å²) >= 11 is 0. The van der Waals surface area contributed by atoms with Gasteiger partial charge in [0, 0.05) is 6.54 Å². The van der Waals surface area contributed by atoms with Gasteiger partial charge in [-0.2, -0.15) is 8.42 Å². The van der Waals surface area contributed by atoms with Crippen LogP contribution in [-0.2, 0) is 10.4 Å². The highest BCUT2D eigenvalue weighted by Crippen LogP contribution is 2.24. The van der Waals surface area contributed by atoms with E-state index in [2.05, 4.69) is 9.50 Å². The van der Waals surface area contributed by atoms with Gasteiger partial charge < -0.3 is 14.6 Å². The fourth-order valence-corrected chi connectivity index (χ4v) is 1.36. The molecule has 0 aromatic heterocycles. The van der Waals surface area contributed by atoms with Crippen LogP contribution in [0, 0.1) is 0 Å². The lowest BCUT2D eigenvalue weighted by atomic mass is 10.3. The fraction of sp³-hybridized carbons (Fsp3) is 0.250. The first kappa shape index (κ1) is 11.8. The molecule has 84 valence electrons. The second kappa shape index (κ2) is 4.96. The molecule has 0 unspecified atom stereocenters. The molecule has 7 heteroatoms. The van der Waals surface area contributed by atoms with Crippen molar-refractivity contribution in [2.75, 3.05) is 18.5 Å². The number of benzene rings is 1. The molecule has 0 radical (unpaired) electrons. The van der Waals surface area contributed by atoms with Crippen LogP contribution in [0.5, 0.6) is 5.75 Å². The Labute approximate surface area is 87.5 Å². The van der Waals surface area contributed by atoms with Crippen molar-refractivity contribution in [1.82, 2.24) is 0 Å². The normalized spacial score (nSPS) is 11.1. The van der Waals surface area contributed by atoms with Crippen molar-refractivity contribution in [1.29, 1.82) is 0 Å². The van der Waals surface area contributed by atoms with Gasteiger partial charge in [0.25, 0.3) is 0 Å². The molecule has 0 saturated carbocycles. The molecule has 0 aliphatic carbocycles. The number of aliphatic hydroxyl groups is 1. The van der Waals surface area contributed by atoms with Gasteiger partial charge in [-0.15, -0.1) is 0 Å². The average Bonchev–Trinajstić information content (AvgIpc) is 2.14. The van der Waals surface area contributed by atoms with Crippen LogP contribution in [0.15, 0.2) is 24.3 Å². The summed E-state index contributed by atoms with van der Waals surface area (Å²) in [6.07, 6.45) is 0. The molecule has 15 heavy (non-hydrogen) atoms. The quantitative estimate of drug-likeness (QED) is 0.632. The van der Waals surface area contributed by atoms with Crippen LogP contribution in [-0.4, -0.2) is 31.2 Å². The van der Waals surface area contributed by atoms with E-state index in [4.69, 9.17) is 9.66 Å². The van der Waals surface area contributed by atoms with Gasteiger partial charge in [0.2, 0.25) is 0 Å². The van der Waals surface area contributed by atoms with E-state index in [1.165, 1.54) is 6.07 Å². The van der Waals surface area contributed by atoms with Gasteiger partial charge in [-0.3, -0.25) is 4.55 Å². The van der Waals surface area contributed by atoms with Crippen molar-refractivity contribution in [2.45, 2.75) is 0 Å². The number of hydrogen-bond donors (Lipinski definition) is 3. The van der Waals surface area contributed by atoms with Gasteiger partial charge in [0.05, 0.1) is 12.3 Å². The minimum Gasteiger partial charge on any atom is -0.395 e. The Morgan fingerprint density at radius 3 is 2.60 bits per heavy atom. The summed E-state index contributed by atoms with van der Waals surface area (Å²) in [4.78, 5) is 0. The van der Waals surface area contributed by atoms with Crippen LogP contribution < -0.4 is 9.50 Å². The van der Waals surface area contributed by atoms with Gasteiger partial charge >= 0.3 is 10.4 Å². The first-order valence-corrected chi connectivity index (χ1v) is 5.50. The summed E-state index contributed by atoms with van der Waals surface area (Å²) in [5, 5.41) is 11.3. The van der Waals surface area contributed by atoms with Crippen LogP contribution in [0.2, 0.25) is 0 Å². The van der Waals surface area contributed by atoms with E-state index in [1.807, 2.05) is 0 Å². The van der Waals surface area contributed by atoms with Crippen molar-refractivity contribution < 1.29 is 22.3 Å². The lowest BCUT2D eigenvalue weighted by Gasteiger charge is -2.09. The largest absolute Gasteiger partial charge is 0.446 e. The smallest absolute Gasteiger partial charge is 0.395 e. The highest BCUT2D eigenvalue weighted by molar-refractivity contribution is 7.81. The van der Waals surface area contributed by atoms with Crippen LogP contribution >= 0.6 is 0 Å². The van der Waals surface area contributed by atoms with Gasteiger partial charge in [-0.05, 0) is 12.1 Å². The Hall–Kier alpha value is -1.31. The Balaban J connectivity index is 2.86. The van der Waals surface area contributed by atoms with Crippen LogP contribution in [0.4, 0.5) is 5.69 Å². The topological polar surface area (TPSA) is 95.9 Å². The maximum Gasteiger partial charge on any atom is 0.446 e. The second-order valence-electron chi connectivity index (χ2n) is 2.66. The minimum atomic E-state index is -4.53. The molecule has 1 aromatic rings. The maximum atomic E-state index is 10.5. The monoisotopic (exact) mass is 233 g/mol. The lowest BCUT2D eigenvalue weighted by Crippen LogP contribution is -2.11. The molecule has 0 aliphatic rings. The van der Waals surface area contributed by atoms with Crippen molar-refractivity contribution >= 4 is 16.1 Å². The summed E-state index contributed by atoms with van der Waals surface area (Å²) in [6.45, 7) is 0.159. The van der Waals surface area contributed by atoms with E-state index in [-0.39, 0.29) is 18.9 Å². The fourth-order valence-electron chi connectivity index (χ4n) is 0.989. The summed E-state index contributed by atoms with van der Waals surface area (Å²) in [5.41, 5.74) is 0.379. The van der Waals surface area contributed by atoms with Crippen LogP contribution in [0.1, 0.15) is 0 Å². The lowest BCUT2D eigenvalue weighted by molar-refractivity contribution is 0.311. The predicted molar refractivity (Wildman–Crippen MR) is 54.2 cm³/mol. The zero-order chi connectivity index (χ0) is 11.3. The van der Waals surface area contributed by atoms with Gasteiger partial charge in [0.1, 0.15) is 0 Å². The molecule has 0 saturated heterocycles. The van der Waals surface area contributed by atoms with E-state index in [1.54, 1.807) is 18.2 Å². The number of para-hydroxylation sites is 2. The van der Waals surface area contributed by atoms with E-state index < -0.39 is 10.4 Å². The molecule has 1 rings (SSSR count). The summed E-state index contributed by atoms with van der Waals surface area (Å²) < 4.78 is 33.8. The van der Waals surface area contributed by atoms with Crippen molar-refractivity contribution in [3.05, 3.63) is 24.3 Å². The first-order valence-electron chi connectivity index (χ1n) is 4.13. The Morgan fingerprint density at radius 2 is 2.00 bits per heavy atom. The zero-order valence-electron chi connectivity index (χ0n) is 7.75. The third kappa shape index (κ3) is 4.15. The van der Waals surface area contributed by atoms with Crippen LogP contribution in [0.3, 0.4) is 0 Å². The Morgan fingerprint density at radius 1 is 1.33 bits per heavy atom. The molecule has 0 atom stereocenters. The minimum absolute atomic E-state index is 0.0200. The SMILES string of the molecule is O=S(=O)(O)Oc1ccccc1NCCO. The van der Waals surface area contributed by atoms with Crippen molar-refractivity contribution in [3.8, 4) is 5.75 Å². The van der Waals surface area contributed by atoms with Gasteiger partial charge in [-0.1, -0.05) is 12.1 Å². The summed E-state index contributed by atoms with van der Waals surface area (Å²) in [6, 6.07) is 6.17. The molecular formula is C8H11NO5S. The van der Waals surface area contributed by atoms with Crippen molar-refractivity contribution in [2.24, 2.45) is 0 Å². The molecule has 0 bridgehead atoms. The molecular weight excluding hydrogens is 222 g/mol. The molecule has 0 spiro atoms.